The number of nitrogens with zero attached hydrogens (tertiary/aromatic N) is 2. The maximum absolute atomic E-state index is 14.4. The third-order valence-electron chi connectivity index (χ3n) is 13.0. The molecule has 0 saturated heterocycles. The molecule has 0 N–H and O–H groups in total. The molecule has 11 rings (SSSR count). The Morgan fingerprint density at radius 3 is 1.06 bits per heavy atom. The van der Waals surface area contributed by atoms with Crippen molar-refractivity contribution in [2.45, 2.75) is 41.5 Å². The topological polar surface area (TPSA) is 32.8 Å². The molecule has 6 heteroatoms. The highest BCUT2D eigenvalue weighted by molar-refractivity contribution is 6.28. The first-order valence-corrected chi connectivity index (χ1v) is 21.0. The number of anilines is 6. The van der Waals surface area contributed by atoms with E-state index in [1.807, 2.05) is 30.3 Å². The van der Waals surface area contributed by atoms with E-state index in [1.165, 1.54) is 57.6 Å². The molecule has 0 aliphatic rings. The van der Waals surface area contributed by atoms with Gasteiger partial charge in [0.25, 0.3) is 0 Å². The summed E-state index contributed by atoms with van der Waals surface area (Å²) in [6, 6.07) is 47.5. The van der Waals surface area contributed by atoms with Crippen LogP contribution in [-0.2, 0) is 0 Å². The van der Waals surface area contributed by atoms with Crippen LogP contribution >= 0.6 is 0 Å². The second-order valence-electron chi connectivity index (χ2n) is 16.7. The van der Waals surface area contributed by atoms with Crippen molar-refractivity contribution in [3.8, 4) is 0 Å². The summed E-state index contributed by atoms with van der Waals surface area (Å²) in [5, 5.41) is 8.17. The molecule has 11 aromatic rings. The number of furan rings is 2. The molecule has 2 aromatic heterocycles. The Bertz CT molecular complexity index is 3340. The van der Waals surface area contributed by atoms with Gasteiger partial charge in [-0.2, -0.15) is 0 Å². The fourth-order valence-electron chi connectivity index (χ4n) is 9.43. The van der Waals surface area contributed by atoms with E-state index in [0.29, 0.717) is 11.2 Å². The van der Waals surface area contributed by atoms with Crippen molar-refractivity contribution in [1.82, 2.24) is 0 Å². The molecule has 0 radical (unpaired) electrons. The summed E-state index contributed by atoms with van der Waals surface area (Å²) < 4.78 is 42.4. The van der Waals surface area contributed by atoms with Crippen LogP contribution in [0.25, 0.3) is 65.4 Å². The summed E-state index contributed by atoms with van der Waals surface area (Å²) >= 11 is 0. The number of benzene rings is 9. The molecule has 2 heterocycles. The molecule has 0 aliphatic carbocycles. The molecule has 0 amide bonds. The number of hydrogen-bond acceptors (Lipinski definition) is 4. The zero-order valence-corrected chi connectivity index (χ0v) is 35.3. The molecule has 4 nitrogen and oxygen atoms in total. The van der Waals surface area contributed by atoms with E-state index in [4.69, 9.17) is 8.83 Å². The zero-order valence-electron chi connectivity index (χ0n) is 35.3. The van der Waals surface area contributed by atoms with Crippen molar-refractivity contribution in [2.75, 3.05) is 9.80 Å². The van der Waals surface area contributed by atoms with Gasteiger partial charge in [-0.05, 0) is 165 Å². The molecule has 0 saturated carbocycles. The zero-order chi connectivity index (χ0) is 42.6. The van der Waals surface area contributed by atoms with E-state index in [1.54, 1.807) is 0 Å². The van der Waals surface area contributed by atoms with Crippen molar-refractivity contribution < 1.29 is 17.6 Å². The van der Waals surface area contributed by atoms with Crippen molar-refractivity contribution >= 4 is 99.5 Å². The third-order valence-corrected chi connectivity index (χ3v) is 13.0. The monoisotopic (exact) mass is 812 g/mol. The lowest BCUT2D eigenvalue weighted by atomic mass is 9.97. The van der Waals surface area contributed by atoms with Gasteiger partial charge in [-0.1, -0.05) is 48.5 Å². The summed E-state index contributed by atoms with van der Waals surface area (Å²) in [5.41, 5.74) is 15.6. The fraction of sp³-hybridized carbons (Fsp3) is 0.107. The summed E-state index contributed by atoms with van der Waals surface area (Å²) in [5.74, 6) is -0.574. The third kappa shape index (κ3) is 5.85. The number of fused-ring (bicyclic) bond motifs is 10. The predicted molar refractivity (Wildman–Crippen MR) is 254 cm³/mol. The maximum Gasteiger partial charge on any atom is 0.139 e. The van der Waals surface area contributed by atoms with Crippen LogP contribution in [0.1, 0.15) is 33.4 Å². The van der Waals surface area contributed by atoms with Crippen molar-refractivity contribution in [3.05, 3.63) is 191 Å². The minimum absolute atomic E-state index is 0.287. The van der Waals surface area contributed by atoms with Gasteiger partial charge in [0.2, 0.25) is 0 Å². The standard InChI is InChI=1S/C56H42F2N2O2/c1-31-23-41(24-32(2)35(31)5)59(39-19-15-37(57)16-20-39)49-28-53-55(45-13-9-7-11-43(45)49)47-27-48-52(30-51(47)61-53)62-54-29-50(44-12-8-10-14-46(44)56(48)54)60(40-21-17-38(58)18-22-40)42-25-33(3)36(6)34(4)26-42/h7-30H,1-6H3. The SMILES string of the molecule is Cc1cc(N(c2ccc(F)cc2)c2cc3oc4cc5oc6cc(N(c7ccc(F)cc7)c7cc(C)c(C)c(C)c7)c7ccccc7c6c5cc4c3c3ccccc23)cc(C)c1C. The van der Waals surface area contributed by atoms with E-state index < -0.39 is 0 Å². The van der Waals surface area contributed by atoms with Crippen molar-refractivity contribution in [2.24, 2.45) is 0 Å². The van der Waals surface area contributed by atoms with E-state index >= 15 is 0 Å². The molecule has 0 spiro atoms. The summed E-state index contributed by atoms with van der Waals surface area (Å²) in [6.45, 7) is 12.8. The van der Waals surface area contributed by atoms with Crippen LogP contribution in [0.4, 0.5) is 42.9 Å². The van der Waals surface area contributed by atoms with Crippen LogP contribution in [0.3, 0.4) is 0 Å². The Labute approximate surface area is 357 Å². The van der Waals surface area contributed by atoms with Crippen LogP contribution in [0.5, 0.6) is 0 Å². The highest BCUT2D eigenvalue weighted by Crippen LogP contribution is 2.49. The Morgan fingerprint density at radius 2 is 0.694 bits per heavy atom. The number of aryl methyl sites for hydroxylation is 4. The van der Waals surface area contributed by atoms with Gasteiger partial charge >= 0.3 is 0 Å². The molecule has 62 heavy (non-hydrogen) atoms. The van der Waals surface area contributed by atoms with E-state index in [9.17, 15) is 8.78 Å². The lowest BCUT2D eigenvalue weighted by Gasteiger charge is -2.28. The highest BCUT2D eigenvalue weighted by Gasteiger charge is 2.25. The Kier molecular flexibility index (Phi) is 8.52. The molecular formula is C56H42F2N2O2. The highest BCUT2D eigenvalue weighted by atomic mass is 19.1. The molecule has 0 atom stereocenters. The lowest BCUT2D eigenvalue weighted by molar-refractivity contribution is 0.627. The van der Waals surface area contributed by atoms with Crippen LogP contribution < -0.4 is 9.80 Å². The van der Waals surface area contributed by atoms with Crippen LogP contribution in [0, 0.1) is 53.2 Å². The smallest absolute Gasteiger partial charge is 0.139 e. The van der Waals surface area contributed by atoms with E-state index in [2.05, 4.69) is 142 Å². The average Bonchev–Trinajstić information content (AvgIpc) is 3.82. The predicted octanol–water partition coefficient (Wildman–Crippen LogP) is 16.9. The summed E-state index contributed by atoms with van der Waals surface area (Å²) in [7, 11) is 0. The largest absolute Gasteiger partial charge is 0.456 e. The van der Waals surface area contributed by atoms with Gasteiger partial charge in [-0.3, -0.25) is 0 Å². The molecule has 9 aromatic carbocycles. The minimum atomic E-state index is -0.287. The average molecular weight is 813 g/mol. The van der Waals surface area contributed by atoms with Crippen LogP contribution in [0.2, 0.25) is 0 Å². The van der Waals surface area contributed by atoms with Gasteiger partial charge in [0.05, 0.1) is 11.4 Å². The van der Waals surface area contributed by atoms with E-state index in [0.717, 1.165) is 88.4 Å². The first kappa shape index (κ1) is 37.6. The minimum Gasteiger partial charge on any atom is -0.456 e. The van der Waals surface area contributed by atoms with Gasteiger partial charge in [0, 0.05) is 73.3 Å². The van der Waals surface area contributed by atoms with Crippen LogP contribution in [0.15, 0.2) is 154 Å². The maximum atomic E-state index is 14.4. The summed E-state index contributed by atoms with van der Waals surface area (Å²) in [4.78, 5) is 4.40. The van der Waals surface area contributed by atoms with Crippen molar-refractivity contribution in [3.63, 3.8) is 0 Å². The van der Waals surface area contributed by atoms with Gasteiger partial charge < -0.3 is 18.6 Å². The second-order valence-corrected chi connectivity index (χ2v) is 16.7. The quantitative estimate of drug-likeness (QED) is 0.167. The Balaban J connectivity index is 1.16. The normalized spacial score (nSPS) is 11.9. The van der Waals surface area contributed by atoms with E-state index in [-0.39, 0.29) is 11.6 Å². The molecule has 0 fully saturated rings. The molecular weight excluding hydrogens is 771 g/mol. The first-order chi connectivity index (χ1) is 30.0. The number of halogens is 2. The van der Waals surface area contributed by atoms with Gasteiger partial charge in [-0.25, -0.2) is 8.78 Å². The second kappa shape index (κ2) is 14.1. The molecule has 0 unspecified atom stereocenters. The van der Waals surface area contributed by atoms with Crippen molar-refractivity contribution in [1.29, 1.82) is 0 Å². The lowest BCUT2D eigenvalue weighted by Crippen LogP contribution is -2.11. The number of hydrogen-bond donors (Lipinski definition) is 0. The molecule has 0 aliphatic heterocycles. The first-order valence-electron chi connectivity index (χ1n) is 21.0. The number of rotatable bonds is 6. The van der Waals surface area contributed by atoms with Gasteiger partial charge in [0.1, 0.15) is 34.0 Å². The van der Waals surface area contributed by atoms with Gasteiger partial charge in [-0.15, -0.1) is 0 Å². The molecule has 302 valence electrons. The summed E-state index contributed by atoms with van der Waals surface area (Å²) in [6.07, 6.45) is 0. The fourth-order valence-corrected chi connectivity index (χ4v) is 9.43. The van der Waals surface area contributed by atoms with Crippen LogP contribution in [-0.4, -0.2) is 0 Å². The molecule has 0 bridgehead atoms. The van der Waals surface area contributed by atoms with Gasteiger partial charge in [0.15, 0.2) is 0 Å². The Hall–Kier alpha value is -7.44. The Morgan fingerprint density at radius 1 is 0.339 bits per heavy atom.